The van der Waals surface area contributed by atoms with Gasteiger partial charge in [0.25, 0.3) is 0 Å². The number of alkyl halides is 3. The number of halogens is 3. The third-order valence-electron chi connectivity index (χ3n) is 2.91. The Labute approximate surface area is 126 Å². The van der Waals surface area contributed by atoms with Crippen molar-refractivity contribution in [3.63, 3.8) is 0 Å². The molecule has 0 aliphatic heterocycles. The molecular weight excluding hydrogens is 297 g/mol. The second-order valence-electron chi connectivity index (χ2n) is 5.42. The summed E-state index contributed by atoms with van der Waals surface area (Å²) in [6, 6.07) is 6.17. The minimum atomic E-state index is -4.51. The van der Waals surface area contributed by atoms with Crippen LogP contribution >= 0.6 is 0 Å². The number of rotatable bonds is 5. The van der Waals surface area contributed by atoms with Gasteiger partial charge >= 0.3 is 6.18 Å². The summed E-state index contributed by atoms with van der Waals surface area (Å²) < 4.78 is 43.6. The van der Waals surface area contributed by atoms with Crippen LogP contribution < -0.4 is 10.1 Å². The van der Waals surface area contributed by atoms with Crippen molar-refractivity contribution in [1.82, 2.24) is 5.32 Å². The van der Waals surface area contributed by atoms with Crippen LogP contribution in [0.2, 0.25) is 0 Å². The molecule has 1 aromatic rings. The van der Waals surface area contributed by atoms with Gasteiger partial charge in [-0.3, -0.25) is 4.79 Å². The van der Waals surface area contributed by atoms with Crippen LogP contribution in [0.5, 0.6) is 5.75 Å². The van der Waals surface area contributed by atoms with Crippen LogP contribution in [-0.4, -0.2) is 18.6 Å². The SMILES string of the molecule is CC(COc1ccccc1C(F)(F)F)NC(=O)C(C)(C)C#N. The van der Waals surface area contributed by atoms with Crippen molar-refractivity contribution in [1.29, 1.82) is 5.26 Å². The van der Waals surface area contributed by atoms with E-state index in [1.54, 1.807) is 6.92 Å². The second kappa shape index (κ2) is 6.69. The number of carbonyl (C=O) groups is 1. The molecule has 120 valence electrons. The third-order valence-corrected chi connectivity index (χ3v) is 2.91. The Morgan fingerprint density at radius 2 is 1.95 bits per heavy atom. The number of hydrogen-bond acceptors (Lipinski definition) is 3. The summed E-state index contributed by atoms with van der Waals surface area (Å²) in [5, 5.41) is 11.4. The number of nitriles is 1. The number of benzene rings is 1. The molecule has 1 atom stereocenters. The Hall–Kier alpha value is -2.23. The first-order valence-electron chi connectivity index (χ1n) is 6.59. The van der Waals surface area contributed by atoms with Crippen LogP contribution in [-0.2, 0) is 11.0 Å². The van der Waals surface area contributed by atoms with Crippen molar-refractivity contribution >= 4 is 5.91 Å². The lowest BCUT2D eigenvalue weighted by atomic mass is 9.94. The van der Waals surface area contributed by atoms with E-state index < -0.39 is 29.1 Å². The number of para-hydroxylation sites is 1. The highest BCUT2D eigenvalue weighted by atomic mass is 19.4. The number of hydrogen-bond donors (Lipinski definition) is 1. The molecule has 4 nitrogen and oxygen atoms in total. The molecule has 0 saturated heterocycles. The predicted octanol–water partition coefficient (Wildman–Crippen LogP) is 3.14. The summed E-state index contributed by atoms with van der Waals surface area (Å²) in [5.74, 6) is -0.800. The van der Waals surface area contributed by atoms with E-state index in [4.69, 9.17) is 10.00 Å². The van der Waals surface area contributed by atoms with Gasteiger partial charge in [0.2, 0.25) is 5.91 Å². The lowest BCUT2D eigenvalue weighted by molar-refractivity contribution is -0.139. The van der Waals surface area contributed by atoms with Gasteiger partial charge in [-0.25, -0.2) is 0 Å². The Bertz CT molecular complexity index is 577. The molecule has 1 amide bonds. The average molecular weight is 314 g/mol. The van der Waals surface area contributed by atoms with Gasteiger partial charge in [0.15, 0.2) is 0 Å². The largest absolute Gasteiger partial charge is 0.491 e. The van der Waals surface area contributed by atoms with E-state index in [2.05, 4.69) is 5.32 Å². The molecule has 1 aromatic carbocycles. The number of nitrogens with one attached hydrogen (secondary N) is 1. The minimum Gasteiger partial charge on any atom is -0.491 e. The fourth-order valence-electron chi connectivity index (χ4n) is 1.54. The summed E-state index contributed by atoms with van der Waals surface area (Å²) in [6.45, 7) is 4.35. The summed E-state index contributed by atoms with van der Waals surface area (Å²) in [6.07, 6.45) is -4.51. The van der Waals surface area contributed by atoms with Crippen molar-refractivity contribution in [2.45, 2.75) is 33.0 Å². The van der Waals surface area contributed by atoms with Gasteiger partial charge in [0, 0.05) is 0 Å². The molecule has 22 heavy (non-hydrogen) atoms. The van der Waals surface area contributed by atoms with Crippen LogP contribution in [0.25, 0.3) is 0 Å². The maximum absolute atomic E-state index is 12.8. The standard InChI is InChI=1S/C15H17F3N2O2/c1-10(20-13(21)14(2,3)9-19)8-22-12-7-5-4-6-11(12)15(16,17)18/h4-7,10H,8H2,1-3H3,(H,20,21). The molecule has 1 unspecified atom stereocenters. The van der Waals surface area contributed by atoms with E-state index >= 15 is 0 Å². The van der Waals surface area contributed by atoms with Crippen LogP contribution in [0, 0.1) is 16.7 Å². The zero-order chi connectivity index (χ0) is 17.0. The van der Waals surface area contributed by atoms with E-state index in [9.17, 15) is 18.0 Å². The van der Waals surface area contributed by atoms with E-state index in [0.717, 1.165) is 6.07 Å². The zero-order valence-electron chi connectivity index (χ0n) is 12.5. The zero-order valence-corrected chi connectivity index (χ0v) is 12.5. The molecule has 1 rings (SSSR count). The lowest BCUT2D eigenvalue weighted by Gasteiger charge is -2.21. The summed E-state index contributed by atoms with van der Waals surface area (Å²) in [4.78, 5) is 11.8. The first-order valence-corrected chi connectivity index (χ1v) is 6.59. The molecule has 7 heteroatoms. The van der Waals surface area contributed by atoms with Crippen molar-refractivity contribution in [3.05, 3.63) is 29.8 Å². The normalized spacial score (nSPS) is 13.1. The van der Waals surface area contributed by atoms with Gasteiger partial charge in [0.1, 0.15) is 17.8 Å². The Balaban J connectivity index is 2.68. The third kappa shape index (κ3) is 4.65. The number of carbonyl (C=O) groups excluding carboxylic acids is 1. The van der Waals surface area contributed by atoms with Gasteiger partial charge in [0.05, 0.1) is 17.7 Å². The van der Waals surface area contributed by atoms with Crippen LogP contribution in [0.4, 0.5) is 13.2 Å². The van der Waals surface area contributed by atoms with E-state index in [-0.39, 0.29) is 12.4 Å². The predicted molar refractivity (Wildman–Crippen MR) is 73.9 cm³/mol. The van der Waals surface area contributed by atoms with Crippen LogP contribution in [0.3, 0.4) is 0 Å². The highest BCUT2D eigenvalue weighted by molar-refractivity contribution is 5.84. The molecular formula is C15H17F3N2O2. The molecule has 0 aliphatic rings. The minimum absolute atomic E-state index is 0.139. The molecule has 0 radical (unpaired) electrons. The highest BCUT2D eigenvalue weighted by Gasteiger charge is 2.34. The van der Waals surface area contributed by atoms with Crippen molar-refractivity contribution in [2.24, 2.45) is 5.41 Å². The molecule has 1 N–H and O–H groups in total. The topological polar surface area (TPSA) is 62.1 Å². The van der Waals surface area contributed by atoms with E-state index in [1.807, 2.05) is 6.07 Å². The first kappa shape index (κ1) is 17.8. The van der Waals surface area contributed by atoms with Gasteiger partial charge in [-0.05, 0) is 32.9 Å². The van der Waals surface area contributed by atoms with Gasteiger partial charge in [-0.2, -0.15) is 18.4 Å². The molecule has 0 aliphatic carbocycles. The van der Waals surface area contributed by atoms with Gasteiger partial charge in [-0.15, -0.1) is 0 Å². The van der Waals surface area contributed by atoms with E-state index in [1.165, 1.54) is 32.0 Å². The molecule has 0 bridgehead atoms. The molecule has 0 fully saturated rings. The van der Waals surface area contributed by atoms with Gasteiger partial charge < -0.3 is 10.1 Å². The molecule has 0 heterocycles. The molecule has 0 saturated carbocycles. The summed E-state index contributed by atoms with van der Waals surface area (Å²) >= 11 is 0. The number of ether oxygens (including phenoxy) is 1. The Morgan fingerprint density at radius 3 is 2.50 bits per heavy atom. The molecule has 0 spiro atoms. The monoisotopic (exact) mass is 314 g/mol. The summed E-state index contributed by atoms with van der Waals surface area (Å²) in [5.41, 5.74) is -2.08. The van der Waals surface area contributed by atoms with Gasteiger partial charge in [-0.1, -0.05) is 12.1 Å². The first-order chi connectivity index (χ1) is 10.1. The highest BCUT2D eigenvalue weighted by Crippen LogP contribution is 2.35. The fourth-order valence-corrected chi connectivity index (χ4v) is 1.54. The van der Waals surface area contributed by atoms with Crippen LogP contribution in [0.1, 0.15) is 26.3 Å². The average Bonchev–Trinajstić information content (AvgIpc) is 2.44. The van der Waals surface area contributed by atoms with Crippen molar-refractivity contribution < 1.29 is 22.7 Å². The van der Waals surface area contributed by atoms with E-state index in [0.29, 0.717) is 0 Å². The second-order valence-corrected chi connectivity index (χ2v) is 5.42. The summed E-state index contributed by atoms with van der Waals surface area (Å²) in [7, 11) is 0. The Morgan fingerprint density at radius 1 is 1.36 bits per heavy atom. The fraction of sp³-hybridized carbons (Fsp3) is 0.467. The molecule has 0 aromatic heterocycles. The quantitative estimate of drug-likeness (QED) is 0.908. The van der Waals surface area contributed by atoms with Crippen LogP contribution in [0.15, 0.2) is 24.3 Å². The number of amides is 1. The maximum Gasteiger partial charge on any atom is 0.419 e. The number of nitrogens with zero attached hydrogens (tertiary/aromatic N) is 1. The maximum atomic E-state index is 12.8. The Kier molecular flexibility index (Phi) is 5.42. The van der Waals surface area contributed by atoms with Crippen molar-refractivity contribution in [2.75, 3.05) is 6.61 Å². The lowest BCUT2D eigenvalue weighted by Crippen LogP contribution is -2.43. The van der Waals surface area contributed by atoms with Crippen molar-refractivity contribution in [3.8, 4) is 11.8 Å². The smallest absolute Gasteiger partial charge is 0.419 e.